The number of hydrogen-bond donors (Lipinski definition) is 2. The molecule has 1 amide bonds. The van der Waals surface area contributed by atoms with Gasteiger partial charge in [-0.1, -0.05) is 37.3 Å². The average Bonchev–Trinajstić information content (AvgIpc) is 3.29. The highest BCUT2D eigenvalue weighted by molar-refractivity contribution is 5.99. The molecular weight excluding hydrogens is 302 g/mol. The fourth-order valence-electron chi connectivity index (χ4n) is 2.67. The molecule has 1 aromatic carbocycles. The van der Waals surface area contributed by atoms with Crippen molar-refractivity contribution in [2.24, 2.45) is 0 Å². The summed E-state index contributed by atoms with van der Waals surface area (Å²) in [7, 11) is 0. The van der Waals surface area contributed by atoms with E-state index in [-0.39, 0.29) is 11.9 Å². The maximum Gasteiger partial charge on any atom is 0.255 e. The molecule has 0 aliphatic heterocycles. The number of carbonyl (C=O) groups is 1. The van der Waals surface area contributed by atoms with Crippen molar-refractivity contribution in [3.63, 3.8) is 0 Å². The first-order chi connectivity index (χ1) is 11.7. The largest absolute Gasteiger partial charge is 0.345 e. The van der Waals surface area contributed by atoms with Gasteiger partial charge >= 0.3 is 0 Å². The lowest BCUT2D eigenvalue weighted by atomic mass is 10.1. The minimum atomic E-state index is -0.140. The maximum atomic E-state index is 12.7. The van der Waals surface area contributed by atoms with Crippen LogP contribution in [0.15, 0.2) is 48.9 Å². The van der Waals surface area contributed by atoms with Crippen molar-refractivity contribution in [2.45, 2.75) is 32.9 Å². The van der Waals surface area contributed by atoms with Crippen molar-refractivity contribution >= 4 is 5.91 Å². The van der Waals surface area contributed by atoms with Crippen LogP contribution in [-0.2, 0) is 6.54 Å². The van der Waals surface area contributed by atoms with Crippen molar-refractivity contribution in [2.75, 3.05) is 0 Å². The predicted molar refractivity (Wildman–Crippen MR) is 92.4 cm³/mol. The fourth-order valence-corrected chi connectivity index (χ4v) is 2.67. The second-order valence-corrected chi connectivity index (χ2v) is 5.59. The average molecular weight is 323 g/mol. The van der Waals surface area contributed by atoms with Crippen LogP contribution < -0.4 is 5.32 Å². The first-order valence-electron chi connectivity index (χ1n) is 8.15. The Hall–Kier alpha value is -2.89. The molecule has 2 N–H and O–H groups in total. The van der Waals surface area contributed by atoms with Gasteiger partial charge in [-0.25, -0.2) is 0 Å². The number of amides is 1. The molecule has 2 heterocycles. The van der Waals surface area contributed by atoms with Gasteiger partial charge in [-0.15, -0.1) is 0 Å². The summed E-state index contributed by atoms with van der Waals surface area (Å²) in [4.78, 5) is 12.7. The minimum Gasteiger partial charge on any atom is -0.345 e. The molecule has 0 radical (unpaired) electrons. The first kappa shape index (κ1) is 16.0. The molecule has 0 aliphatic rings. The van der Waals surface area contributed by atoms with Crippen molar-refractivity contribution in [1.29, 1.82) is 0 Å². The van der Waals surface area contributed by atoms with E-state index < -0.39 is 0 Å². The van der Waals surface area contributed by atoms with Crippen LogP contribution in [0, 0.1) is 0 Å². The molecular formula is C18H21N5O. The number of nitrogens with one attached hydrogen (secondary N) is 2. The summed E-state index contributed by atoms with van der Waals surface area (Å²) in [6.07, 6.45) is 6.15. The predicted octanol–water partition coefficient (Wildman–Crippen LogP) is 3.17. The van der Waals surface area contributed by atoms with E-state index in [2.05, 4.69) is 20.6 Å². The molecule has 0 saturated carbocycles. The molecule has 0 saturated heterocycles. The van der Waals surface area contributed by atoms with Crippen molar-refractivity contribution in [3.8, 4) is 11.3 Å². The van der Waals surface area contributed by atoms with Crippen LogP contribution in [0.2, 0.25) is 0 Å². The van der Waals surface area contributed by atoms with Crippen molar-refractivity contribution in [1.82, 2.24) is 25.3 Å². The van der Waals surface area contributed by atoms with Gasteiger partial charge < -0.3 is 5.32 Å². The third-order valence-electron chi connectivity index (χ3n) is 4.04. The highest BCUT2D eigenvalue weighted by Crippen LogP contribution is 2.22. The molecule has 3 rings (SSSR count). The van der Waals surface area contributed by atoms with Crippen molar-refractivity contribution < 1.29 is 4.79 Å². The van der Waals surface area contributed by atoms with E-state index in [1.807, 2.05) is 61.3 Å². The molecule has 24 heavy (non-hydrogen) atoms. The lowest BCUT2D eigenvalue weighted by Crippen LogP contribution is -2.28. The molecule has 0 bridgehead atoms. The molecule has 6 heteroatoms. The number of aryl methyl sites for hydroxylation is 1. The Balaban J connectivity index is 1.81. The zero-order valence-corrected chi connectivity index (χ0v) is 13.9. The molecule has 124 valence electrons. The zero-order chi connectivity index (χ0) is 16.9. The normalized spacial score (nSPS) is 12.1. The molecule has 1 atom stereocenters. The Morgan fingerprint density at radius 1 is 1.25 bits per heavy atom. The van der Waals surface area contributed by atoms with Crippen molar-refractivity contribution in [3.05, 3.63) is 60.0 Å². The maximum absolute atomic E-state index is 12.7. The van der Waals surface area contributed by atoms with Gasteiger partial charge in [0.15, 0.2) is 0 Å². The second kappa shape index (κ2) is 7.12. The van der Waals surface area contributed by atoms with E-state index in [0.29, 0.717) is 5.56 Å². The smallest absolute Gasteiger partial charge is 0.255 e. The summed E-state index contributed by atoms with van der Waals surface area (Å²) in [6, 6.07) is 9.64. The molecule has 1 unspecified atom stereocenters. The lowest BCUT2D eigenvalue weighted by molar-refractivity contribution is 0.0936. The summed E-state index contributed by atoms with van der Waals surface area (Å²) in [6.45, 7) is 4.89. The second-order valence-electron chi connectivity index (χ2n) is 5.59. The van der Waals surface area contributed by atoms with E-state index in [1.165, 1.54) is 0 Å². The third kappa shape index (κ3) is 3.22. The Kier molecular flexibility index (Phi) is 4.74. The van der Waals surface area contributed by atoms with Gasteiger partial charge in [-0.05, 0) is 13.3 Å². The number of nitrogens with zero attached hydrogens (tertiary/aromatic N) is 3. The number of hydrogen-bond acceptors (Lipinski definition) is 3. The quantitative estimate of drug-likeness (QED) is 0.731. The summed E-state index contributed by atoms with van der Waals surface area (Å²) >= 11 is 0. The van der Waals surface area contributed by atoms with Crippen LogP contribution in [-0.4, -0.2) is 25.9 Å². The highest BCUT2D eigenvalue weighted by atomic mass is 16.1. The minimum absolute atomic E-state index is 0.0728. The van der Waals surface area contributed by atoms with Gasteiger partial charge in [0.05, 0.1) is 29.7 Å². The number of H-pyrrole nitrogens is 1. The molecule has 0 spiro atoms. The van der Waals surface area contributed by atoms with Gasteiger partial charge in [0, 0.05) is 23.9 Å². The van der Waals surface area contributed by atoms with Gasteiger partial charge in [-0.2, -0.15) is 10.2 Å². The van der Waals surface area contributed by atoms with Gasteiger partial charge in [0.1, 0.15) is 0 Å². The van der Waals surface area contributed by atoms with E-state index in [9.17, 15) is 4.79 Å². The number of aromatic nitrogens is 4. The van der Waals surface area contributed by atoms with Gasteiger partial charge in [-0.3, -0.25) is 14.6 Å². The van der Waals surface area contributed by atoms with E-state index in [4.69, 9.17) is 0 Å². The van der Waals surface area contributed by atoms with E-state index >= 15 is 0 Å². The van der Waals surface area contributed by atoms with Crippen LogP contribution in [0.3, 0.4) is 0 Å². The molecule has 2 aromatic heterocycles. The summed E-state index contributed by atoms with van der Waals surface area (Å²) in [5.74, 6) is -0.140. The number of benzene rings is 1. The van der Waals surface area contributed by atoms with Crippen LogP contribution in [0.4, 0.5) is 0 Å². The van der Waals surface area contributed by atoms with E-state index in [0.717, 1.165) is 29.8 Å². The first-order valence-corrected chi connectivity index (χ1v) is 8.15. The Bertz CT molecular complexity index is 806. The lowest BCUT2D eigenvalue weighted by Gasteiger charge is -2.15. The zero-order valence-electron chi connectivity index (χ0n) is 13.9. The molecule has 3 aromatic rings. The highest BCUT2D eigenvalue weighted by Gasteiger charge is 2.19. The van der Waals surface area contributed by atoms with Crippen LogP contribution in [0.25, 0.3) is 11.3 Å². The molecule has 6 nitrogen and oxygen atoms in total. The van der Waals surface area contributed by atoms with E-state index in [1.54, 1.807) is 6.20 Å². The molecule has 0 aliphatic carbocycles. The Morgan fingerprint density at radius 3 is 2.71 bits per heavy atom. The topological polar surface area (TPSA) is 75.6 Å². The Morgan fingerprint density at radius 2 is 2.04 bits per heavy atom. The third-order valence-corrected chi connectivity index (χ3v) is 4.04. The monoisotopic (exact) mass is 323 g/mol. The summed E-state index contributed by atoms with van der Waals surface area (Å²) < 4.78 is 1.86. The fraction of sp³-hybridized carbons (Fsp3) is 0.278. The number of aromatic amines is 1. The van der Waals surface area contributed by atoms with Crippen LogP contribution >= 0.6 is 0 Å². The Labute approximate surface area is 140 Å². The summed E-state index contributed by atoms with van der Waals surface area (Å²) in [5, 5.41) is 14.3. The number of carbonyl (C=O) groups excluding carboxylic acids is 1. The summed E-state index contributed by atoms with van der Waals surface area (Å²) in [5.41, 5.74) is 3.22. The number of rotatable bonds is 6. The SMILES string of the molecule is CCC(NC(=O)c1cn[nH]c1-c1ccccc1)c1cnn(CC)c1. The van der Waals surface area contributed by atoms with Gasteiger partial charge in [0.2, 0.25) is 0 Å². The van der Waals surface area contributed by atoms with Gasteiger partial charge in [0.25, 0.3) is 5.91 Å². The standard InChI is InChI=1S/C18H21N5O/c1-3-16(14-10-20-23(4-2)12-14)21-18(24)15-11-19-22-17(15)13-8-6-5-7-9-13/h5-12,16H,3-4H2,1-2H3,(H,19,22)(H,21,24). The van der Waals surface area contributed by atoms with Crippen LogP contribution in [0.1, 0.15) is 42.2 Å². The molecule has 0 fully saturated rings. The van der Waals surface area contributed by atoms with Crippen LogP contribution in [0.5, 0.6) is 0 Å².